The molecule has 0 radical (unpaired) electrons. The van der Waals surface area contributed by atoms with Crippen molar-refractivity contribution in [3.05, 3.63) is 46.7 Å². The van der Waals surface area contributed by atoms with E-state index in [1.54, 1.807) is 6.92 Å². The van der Waals surface area contributed by atoms with Gasteiger partial charge in [0.2, 0.25) is 18.3 Å². The lowest BCUT2D eigenvalue weighted by atomic mass is 10.1. The fraction of sp³-hybridized carbons (Fsp3) is 0.421. The molecular weight excluding hydrogens is 489 g/mol. The largest absolute Gasteiger partial charge is 0.442 e. The van der Waals surface area contributed by atoms with E-state index in [1.165, 1.54) is 0 Å². The van der Waals surface area contributed by atoms with E-state index in [4.69, 9.17) is 4.74 Å². The zero-order valence-corrected chi connectivity index (χ0v) is 17.4. The highest BCUT2D eigenvalue weighted by atomic mass is 19.4. The molecule has 2 aromatic rings. The molecule has 0 atom stereocenters. The molecule has 0 N–H and O–H groups in total. The number of halogens is 9. The summed E-state index contributed by atoms with van der Waals surface area (Å²) in [5.74, 6) is -1.34. The van der Waals surface area contributed by atoms with Crippen LogP contribution < -0.4 is 10.4 Å². The number of carbonyl (C=O) groups excluding carboxylic acids is 1. The Hall–Kier alpha value is -3.26. The van der Waals surface area contributed by atoms with E-state index in [0.29, 0.717) is 29.2 Å². The Bertz CT molecular complexity index is 1100. The van der Waals surface area contributed by atoms with Crippen LogP contribution in [0.2, 0.25) is 0 Å². The van der Waals surface area contributed by atoms with E-state index in [1.807, 2.05) is 0 Å². The highest BCUT2D eigenvalue weighted by molar-refractivity contribution is 5.69. The molecule has 0 aliphatic heterocycles. The highest BCUT2D eigenvalue weighted by Gasteiger charge is 2.38. The van der Waals surface area contributed by atoms with Crippen molar-refractivity contribution in [3.8, 4) is 5.88 Å². The standard InChI is InChI=1S/C19H16F9N3O3/c1-3-4-15(32)34-9-33-14-8-13(19(26,27)28)30-16(31(14)2)29-12-6-5-10(17(20,21)22)7-11(12)18(23,24)25/h5-8H,3-4,9H2,1-2H3. The number of aromatic nitrogens is 2. The van der Waals surface area contributed by atoms with Gasteiger partial charge in [0, 0.05) is 19.5 Å². The lowest BCUT2D eigenvalue weighted by Gasteiger charge is -2.15. The van der Waals surface area contributed by atoms with Crippen LogP contribution in [0.15, 0.2) is 29.3 Å². The maximum absolute atomic E-state index is 13.4. The molecule has 34 heavy (non-hydrogen) atoms. The van der Waals surface area contributed by atoms with Crippen LogP contribution in [-0.4, -0.2) is 22.3 Å². The molecule has 0 aliphatic rings. The first kappa shape index (κ1) is 27.0. The zero-order valence-electron chi connectivity index (χ0n) is 17.4. The maximum atomic E-state index is 13.4. The Kier molecular flexibility index (Phi) is 7.88. The smallest absolute Gasteiger partial charge is 0.433 e. The number of nitrogens with zero attached hydrogens (tertiary/aromatic N) is 3. The molecular formula is C19H16F9N3O3. The minimum atomic E-state index is -5.31. The number of rotatable bonds is 6. The summed E-state index contributed by atoms with van der Waals surface area (Å²) in [5.41, 5.74) is -7.14. The first-order valence-corrected chi connectivity index (χ1v) is 9.31. The van der Waals surface area contributed by atoms with E-state index in [0.717, 1.165) is 7.05 Å². The van der Waals surface area contributed by atoms with Gasteiger partial charge < -0.3 is 9.47 Å². The normalized spacial score (nSPS) is 13.2. The molecule has 2 rings (SSSR count). The molecule has 15 heteroatoms. The molecule has 0 amide bonds. The molecule has 0 saturated heterocycles. The van der Waals surface area contributed by atoms with Gasteiger partial charge >= 0.3 is 24.5 Å². The summed E-state index contributed by atoms with van der Waals surface area (Å²) in [4.78, 5) is 18.0. The molecule has 1 aromatic carbocycles. The van der Waals surface area contributed by atoms with Crippen molar-refractivity contribution in [1.82, 2.24) is 9.55 Å². The van der Waals surface area contributed by atoms with Crippen molar-refractivity contribution in [2.45, 2.75) is 38.3 Å². The van der Waals surface area contributed by atoms with E-state index < -0.39 is 65.3 Å². The van der Waals surface area contributed by atoms with Crippen molar-refractivity contribution >= 4 is 11.7 Å². The summed E-state index contributed by atoms with van der Waals surface area (Å²) < 4.78 is 129. The Morgan fingerprint density at radius 3 is 2.18 bits per heavy atom. The van der Waals surface area contributed by atoms with Gasteiger partial charge in [0.05, 0.1) is 16.8 Å². The minimum Gasteiger partial charge on any atom is -0.442 e. The van der Waals surface area contributed by atoms with E-state index in [9.17, 15) is 44.3 Å². The summed E-state index contributed by atoms with van der Waals surface area (Å²) in [6.07, 6.45) is -15.1. The predicted molar refractivity (Wildman–Crippen MR) is 96.4 cm³/mol. The van der Waals surface area contributed by atoms with Crippen molar-refractivity contribution in [1.29, 1.82) is 0 Å². The first-order chi connectivity index (χ1) is 15.5. The first-order valence-electron chi connectivity index (χ1n) is 9.31. The number of benzene rings is 1. The average molecular weight is 505 g/mol. The van der Waals surface area contributed by atoms with E-state index in [-0.39, 0.29) is 12.5 Å². The minimum absolute atomic E-state index is 0.00829. The third kappa shape index (κ3) is 6.87. The second-order valence-corrected chi connectivity index (χ2v) is 6.70. The lowest BCUT2D eigenvalue weighted by Crippen LogP contribution is -2.28. The molecule has 0 unspecified atom stereocenters. The molecule has 188 valence electrons. The molecule has 0 spiro atoms. The number of ether oxygens (including phenoxy) is 2. The third-order valence-electron chi connectivity index (χ3n) is 4.13. The number of hydrogen-bond donors (Lipinski definition) is 0. The summed E-state index contributed by atoms with van der Waals surface area (Å²) in [5, 5.41) is 0. The zero-order chi connectivity index (χ0) is 25.9. The van der Waals surface area contributed by atoms with Gasteiger partial charge in [-0.05, 0) is 24.6 Å². The Balaban J connectivity index is 2.63. The number of alkyl halides is 9. The SMILES string of the molecule is CCCC(=O)OCOc1cc(C(F)(F)F)nc(=Nc2ccc(C(F)(F)F)cc2C(F)(F)F)n1C. The van der Waals surface area contributed by atoms with Gasteiger partial charge in [-0.25, -0.2) is 9.98 Å². The lowest BCUT2D eigenvalue weighted by molar-refractivity contribution is -0.151. The van der Waals surface area contributed by atoms with Gasteiger partial charge in [0.1, 0.15) is 0 Å². The van der Waals surface area contributed by atoms with Gasteiger partial charge in [-0.1, -0.05) is 6.92 Å². The summed E-state index contributed by atoms with van der Waals surface area (Å²) in [6, 6.07) is 0.841. The highest BCUT2D eigenvalue weighted by Crippen LogP contribution is 2.40. The predicted octanol–water partition coefficient (Wildman–Crippen LogP) is 5.39. The van der Waals surface area contributed by atoms with Crippen LogP contribution >= 0.6 is 0 Å². The summed E-state index contributed by atoms with van der Waals surface area (Å²) in [6.45, 7) is 0.853. The summed E-state index contributed by atoms with van der Waals surface area (Å²) >= 11 is 0. The molecule has 0 bridgehead atoms. The van der Waals surface area contributed by atoms with Crippen molar-refractivity contribution in [2.75, 3.05) is 6.79 Å². The van der Waals surface area contributed by atoms with Crippen molar-refractivity contribution in [2.24, 2.45) is 12.0 Å². The second-order valence-electron chi connectivity index (χ2n) is 6.70. The molecule has 6 nitrogen and oxygen atoms in total. The van der Waals surface area contributed by atoms with E-state index in [2.05, 4.69) is 14.7 Å². The quantitative estimate of drug-likeness (QED) is 0.300. The Morgan fingerprint density at radius 1 is 1.00 bits per heavy atom. The molecule has 1 heterocycles. The summed E-state index contributed by atoms with van der Waals surface area (Å²) in [7, 11) is 1.03. The third-order valence-corrected chi connectivity index (χ3v) is 4.13. The number of esters is 1. The average Bonchev–Trinajstić information content (AvgIpc) is 2.68. The van der Waals surface area contributed by atoms with Gasteiger partial charge in [-0.15, -0.1) is 0 Å². The molecule has 0 aliphatic carbocycles. The van der Waals surface area contributed by atoms with Gasteiger partial charge in [-0.2, -0.15) is 39.5 Å². The van der Waals surface area contributed by atoms with E-state index >= 15 is 0 Å². The van der Waals surface area contributed by atoms with Gasteiger partial charge in [0.25, 0.3) is 0 Å². The Labute approximate surface area is 185 Å². The molecule has 0 fully saturated rings. The van der Waals surface area contributed by atoms with Crippen LogP contribution in [0.5, 0.6) is 5.88 Å². The monoisotopic (exact) mass is 505 g/mol. The Morgan fingerprint density at radius 2 is 1.65 bits per heavy atom. The maximum Gasteiger partial charge on any atom is 0.433 e. The van der Waals surface area contributed by atoms with Crippen LogP contribution in [0.25, 0.3) is 0 Å². The van der Waals surface area contributed by atoms with Gasteiger partial charge in [0.15, 0.2) is 5.69 Å². The van der Waals surface area contributed by atoms with Crippen molar-refractivity contribution in [3.63, 3.8) is 0 Å². The van der Waals surface area contributed by atoms with Crippen LogP contribution in [-0.2, 0) is 35.1 Å². The van der Waals surface area contributed by atoms with Crippen LogP contribution in [0.1, 0.15) is 36.6 Å². The van der Waals surface area contributed by atoms with Crippen LogP contribution in [0.3, 0.4) is 0 Å². The topological polar surface area (TPSA) is 65.7 Å². The fourth-order valence-corrected chi connectivity index (χ4v) is 2.49. The molecule has 1 aromatic heterocycles. The van der Waals surface area contributed by atoms with Crippen LogP contribution in [0, 0.1) is 0 Å². The fourth-order valence-electron chi connectivity index (χ4n) is 2.49. The molecule has 0 saturated carbocycles. The second kappa shape index (κ2) is 9.93. The van der Waals surface area contributed by atoms with Crippen molar-refractivity contribution < 1.29 is 53.8 Å². The number of carbonyl (C=O) groups is 1. The number of hydrogen-bond acceptors (Lipinski definition) is 5. The van der Waals surface area contributed by atoms with Crippen LogP contribution in [0.4, 0.5) is 45.2 Å². The van der Waals surface area contributed by atoms with Gasteiger partial charge in [-0.3, -0.25) is 9.36 Å².